The first-order valence-corrected chi connectivity index (χ1v) is 10.7. The number of fused-ring (bicyclic) bond motifs is 1. The molecule has 5 rings (SSSR count). The van der Waals surface area contributed by atoms with Crippen molar-refractivity contribution < 1.29 is 14.3 Å². The lowest BCUT2D eigenvalue weighted by Crippen LogP contribution is -2.31. The lowest BCUT2D eigenvalue weighted by atomic mass is 10.1. The Balaban J connectivity index is 1.37. The standard InChI is InChI=1S/C25H24N4O3/c1-31-22-16-19(12-13-21(22)32-17-18-8-3-2-4-9-18)25(30)28-15-7-10-20(28)24-27-26-23-11-5-6-14-29(23)24/h2-6,8-9,11-14,16,20H,7,10,15,17H2,1H3/t20-/m0/s1. The number of benzene rings is 2. The number of carbonyl (C=O) groups excluding carboxylic acids is 1. The minimum atomic E-state index is -0.111. The SMILES string of the molecule is COc1cc(C(=O)N2CCC[C@H]2c2nnc3ccccn23)ccc1OCc1ccccc1. The molecular weight excluding hydrogens is 404 g/mol. The maximum Gasteiger partial charge on any atom is 0.254 e. The van der Waals surface area contributed by atoms with Crippen LogP contribution in [0.25, 0.3) is 5.65 Å². The molecule has 7 heteroatoms. The van der Waals surface area contributed by atoms with Gasteiger partial charge in [-0.2, -0.15) is 0 Å². The summed E-state index contributed by atoms with van der Waals surface area (Å²) in [7, 11) is 1.58. The van der Waals surface area contributed by atoms with Crippen LogP contribution in [0, 0.1) is 0 Å². The van der Waals surface area contributed by atoms with Gasteiger partial charge >= 0.3 is 0 Å². The molecule has 0 radical (unpaired) electrons. The fourth-order valence-corrected chi connectivity index (χ4v) is 4.19. The number of nitrogens with zero attached hydrogens (tertiary/aromatic N) is 4. The molecule has 0 spiro atoms. The predicted molar refractivity (Wildman–Crippen MR) is 120 cm³/mol. The van der Waals surface area contributed by atoms with Crippen LogP contribution in [0.1, 0.15) is 40.6 Å². The molecule has 162 valence electrons. The molecule has 2 aromatic carbocycles. The summed E-state index contributed by atoms with van der Waals surface area (Å²) in [6.07, 6.45) is 3.72. The highest BCUT2D eigenvalue weighted by molar-refractivity contribution is 5.95. The Hall–Kier alpha value is -3.87. The van der Waals surface area contributed by atoms with Crippen molar-refractivity contribution in [2.45, 2.75) is 25.5 Å². The van der Waals surface area contributed by atoms with Crippen molar-refractivity contribution in [1.29, 1.82) is 0 Å². The second-order valence-corrected chi connectivity index (χ2v) is 7.78. The third-order valence-electron chi connectivity index (χ3n) is 5.80. The Morgan fingerprint density at radius 2 is 1.88 bits per heavy atom. The van der Waals surface area contributed by atoms with Gasteiger partial charge in [0.15, 0.2) is 23.0 Å². The Morgan fingerprint density at radius 3 is 2.72 bits per heavy atom. The fraction of sp³-hybridized carbons (Fsp3) is 0.240. The molecule has 1 amide bonds. The highest BCUT2D eigenvalue weighted by Crippen LogP contribution is 2.34. The molecule has 2 aromatic heterocycles. The van der Waals surface area contributed by atoms with Gasteiger partial charge in [-0.15, -0.1) is 10.2 Å². The average molecular weight is 428 g/mol. The van der Waals surface area contributed by atoms with E-state index in [9.17, 15) is 4.79 Å². The Morgan fingerprint density at radius 1 is 1.03 bits per heavy atom. The lowest BCUT2D eigenvalue weighted by Gasteiger charge is -2.24. The maximum absolute atomic E-state index is 13.4. The fourth-order valence-electron chi connectivity index (χ4n) is 4.19. The predicted octanol–water partition coefficient (Wildman–Crippen LogP) is 4.29. The molecule has 1 aliphatic heterocycles. The zero-order valence-electron chi connectivity index (χ0n) is 17.8. The number of amides is 1. The molecule has 4 aromatic rings. The minimum absolute atomic E-state index is 0.0481. The summed E-state index contributed by atoms with van der Waals surface area (Å²) in [6.45, 7) is 1.11. The third kappa shape index (κ3) is 3.77. The molecule has 0 N–H and O–H groups in total. The van der Waals surface area contributed by atoms with E-state index in [2.05, 4.69) is 10.2 Å². The first-order chi connectivity index (χ1) is 15.7. The van der Waals surface area contributed by atoms with Gasteiger partial charge in [-0.25, -0.2) is 0 Å². The minimum Gasteiger partial charge on any atom is -0.493 e. The van der Waals surface area contributed by atoms with Gasteiger partial charge in [0, 0.05) is 18.3 Å². The highest BCUT2D eigenvalue weighted by atomic mass is 16.5. The molecule has 7 nitrogen and oxygen atoms in total. The molecule has 0 bridgehead atoms. The van der Waals surface area contributed by atoms with Crippen molar-refractivity contribution in [3.8, 4) is 11.5 Å². The number of hydrogen-bond acceptors (Lipinski definition) is 5. The first-order valence-electron chi connectivity index (χ1n) is 10.7. The van der Waals surface area contributed by atoms with Gasteiger partial charge in [-0.05, 0) is 48.7 Å². The number of pyridine rings is 1. The number of hydrogen-bond donors (Lipinski definition) is 0. The number of aromatic nitrogens is 3. The van der Waals surface area contributed by atoms with Crippen molar-refractivity contribution in [2.24, 2.45) is 0 Å². The van der Waals surface area contributed by atoms with Crippen LogP contribution in [0.2, 0.25) is 0 Å². The van der Waals surface area contributed by atoms with Crippen LogP contribution in [0.5, 0.6) is 11.5 Å². The number of rotatable bonds is 6. The molecule has 32 heavy (non-hydrogen) atoms. The smallest absolute Gasteiger partial charge is 0.254 e. The highest BCUT2D eigenvalue weighted by Gasteiger charge is 2.34. The Bertz CT molecular complexity index is 1240. The van der Waals surface area contributed by atoms with E-state index in [-0.39, 0.29) is 11.9 Å². The van der Waals surface area contributed by atoms with E-state index < -0.39 is 0 Å². The van der Waals surface area contributed by atoms with Gasteiger partial charge in [0.05, 0.1) is 13.2 Å². The Kier molecular flexibility index (Phi) is 5.46. The zero-order chi connectivity index (χ0) is 21.9. The molecular formula is C25H24N4O3. The van der Waals surface area contributed by atoms with Gasteiger partial charge < -0.3 is 14.4 Å². The van der Waals surface area contributed by atoms with E-state index in [1.807, 2.05) is 64.0 Å². The van der Waals surface area contributed by atoms with Crippen LogP contribution in [-0.4, -0.2) is 39.1 Å². The molecule has 3 heterocycles. The summed E-state index contributed by atoms with van der Waals surface area (Å²) in [5, 5.41) is 8.63. The molecule has 0 saturated carbocycles. The molecule has 1 fully saturated rings. The van der Waals surface area contributed by atoms with E-state index in [1.54, 1.807) is 25.3 Å². The average Bonchev–Trinajstić information content (AvgIpc) is 3.50. The van der Waals surface area contributed by atoms with Gasteiger partial charge in [0.1, 0.15) is 6.61 Å². The zero-order valence-corrected chi connectivity index (χ0v) is 17.8. The molecule has 0 aliphatic carbocycles. The largest absolute Gasteiger partial charge is 0.493 e. The number of methoxy groups -OCH3 is 1. The van der Waals surface area contributed by atoms with Crippen molar-refractivity contribution in [1.82, 2.24) is 19.5 Å². The van der Waals surface area contributed by atoms with E-state index in [0.29, 0.717) is 30.2 Å². The number of ether oxygens (including phenoxy) is 2. The lowest BCUT2D eigenvalue weighted by molar-refractivity contribution is 0.0728. The summed E-state index contributed by atoms with van der Waals surface area (Å²) < 4.78 is 13.4. The summed E-state index contributed by atoms with van der Waals surface area (Å²) in [6, 6.07) is 21.0. The van der Waals surface area contributed by atoms with Crippen molar-refractivity contribution in [2.75, 3.05) is 13.7 Å². The second kappa shape index (κ2) is 8.70. The van der Waals surface area contributed by atoms with Gasteiger partial charge in [0.25, 0.3) is 5.91 Å². The van der Waals surface area contributed by atoms with Crippen LogP contribution >= 0.6 is 0 Å². The molecule has 1 atom stereocenters. The normalized spacial score (nSPS) is 15.8. The number of likely N-dealkylation sites (tertiary alicyclic amines) is 1. The van der Waals surface area contributed by atoms with Crippen LogP contribution in [0.4, 0.5) is 0 Å². The van der Waals surface area contributed by atoms with Crippen LogP contribution in [0.15, 0.2) is 72.9 Å². The summed E-state index contributed by atoms with van der Waals surface area (Å²) in [4.78, 5) is 15.3. The molecule has 0 unspecified atom stereocenters. The first kappa shape index (κ1) is 20.1. The summed E-state index contributed by atoms with van der Waals surface area (Å²) in [5.74, 6) is 1.89. The molecule has 1 aliphatic rings. The van der Waals surface area contributed by atoms with E-state index >= 15 is 0 Å². The quantitative estimate of drug-likeness (QED) is 0.458. The van der Waals surface area contributed by atoms with Gasteiger partial charge in [0.2, 0.25) is 0 Å². The van der Waals surface area contributed by atoms with Crippen LogP contribution in [0.3, 0.4) is 0 Å². The molecule has 1 saturated heterocycles. The Labute approximate surface area is 186 Å². The third-order valence-corrected chi connectivity index (χ3v) is 5.80. The van der Waals surface area contributed by atoms with Crippen molar-refractivity contribution in [3.63, 3.8) is 0 Å². The summed E-state index contributed by atoms with van der Waals surface area (Å²) >= 11 is 0. The van der Waals surface area contributed by atoms with E-state index in [0.717, 1.165) is 29.9 Å². The van der Waals surface area contributed by atoms with E-state index in [1.165, 1.54) is 0 Å². The van der Waals surface area contributed by atoms with Crippen LogP contribution in [-0.2, 0) is 6.61 Å². The maximum atomic E-state index is 13.4. The monoisotopic (exact) mass is 428 g/mol. The van der Waals surface area contributed by atoms with Crippen molar-refractivity contribution in [3.05, 3.63) is 89.9 Å². The van der Waals surface area contributed by atoms with E-state index in [4.69, 9.17) is 9.47 Å². The van der Waals surface area contributed by atoms with Gasteiger partial charge in [-0.1, -0.05) is 36.4 Å². The van der Waals surface area contributed by atoms with Crippen LogP contribution < -0.4 is 9.47 Å². The topological polar surface area (TPSA) is 69.0 Å². The second-order valence-electron chi connectivity index (χ2n) is 7.78. The number of carbonyl (C=O) groups is 1. The summed E-state index contributed by atoms with van der Waals surface area (Å²) in [5.41, 5.74) is 2.41. The van der Waals surface area contributed by atoms with Gasteiger partial charge in [-0.3, -0.25) is 9.20 Å². The van der Waals surface area contributed by atoms with Crippen molar-refractivity contribution >= 4 is 11.6 Å².